The Balaban J connectivity index is 2.89. The minimum absolute atomic E-state index is 0.0743. The zero-order valence-electron chi connectivity index (χ0n) is 10.9. The number of hydrogen-bond acceptors (Lipinski definition) is 3. The van der Waals surface area contributed by atoms with Gasteiger partial charge in [-0.15, -0.1) is 0 Å². The molecule has 116 valence electrons. The van der Waals surface area contributed by atoms with E-state index in [0.29, 0.717) is 0 Å². The maximum atomic E-state index is 12.8. The molecule has 5 nitrogen and oxygen atoms in total. The number of nitrogens with zero attached hydrogens (tertiary/aromatic N) is 1. The lowest BCUT2D eigenvalue weighted by molar-refractivity contribution is -0.138. The zero-order chi connectivity index (χ0) is 16.2. The number of amidine groups is 1. The van der Waals surface area contributed by atoms with E-state index in [4.69, 9.17) is 10.9 Å². The van der Waals surface area contributed by atoms with Gasteiger partial charge in [-0.2, -0.15) is 13.2 Å². The molecule has 1 aromatic carbocycles. The van der Waals surface area contributed by atoms with E-state index in [1.807, 2.05) is 0 Å². The quantitative estimate of drug-likeness (QED) is 0.331. The molecule has 1 atom stereocenters. The second-order valence-corrected chi connectivity index (χ2v) is 5.22. The lowest BCUT2D eigenvalue weighted by atomic mass is 10.1. The topological polar surface area (TPSA) is 87.7 Å². The smallest absolute Gasteiger partial charge is 0.409 e. The fourth-order valence-corrected chi connectivity index (χ4v) is 2.07. The molecule has 1 unspecified atom stereocenters. The molecule has 1 amide bonds. The van der Waals surface area contributed by atoms with Crippen molar-refractivity contribution in [2.45, 2.75) is 25.6 Å². The standard InChI is InChI=1S/C12H13BrF3N3O2/c1-6(4-10(17)19-21)18-11(20)7-2-3-9(13)8(5-7)12(14,15)16/h2-3,5-6,21H,4H2,1H3,(H2,17,19)(H,18,20). The Hall–Kier alpha value is -1.77. The molecule has 4 N–H and O–H groups in total. The summed E-state index contributed by atoms with van der Waals surface area (Å²) >= 11 is 2.80. The van der Waals surface area contributed by atoms with Crippen molar-refractivity contribution in [2.24, 2.45) is 10.9 Å². The molecule has 1 rings (SSSR count). The van der Waals surface area contributed by atoms with Crippen LogP contribution in [0, 0.1) is 0 Å². The summed E-state index contributed by atoms with van der Waals surface area (Å²) in [5.74, 6) is -0.763. The fourth-order valence-electron chi connectivity index (χ4n) is 1.60. The lowest BCUT2D eigenvalue weighted by Gasteiger charge is -2.14. The number of nitrogens with two attached hydrogens (primary N) is 1. The number of carbonyl (C=O) groups excluding carboxylic acids is 1. The van der Waals surface area contributed by atoms with E-state index < -0.39 is 23.7 Å². The number of halogens is 4. The van der Waals surface area contributed by atoms with E-state index in [2.05, 4.69) is 26.4 Å². The summed E-state index contributed by atoms with van der Waals surface area (Å²) in [5.41, 5.74) is 4.22. The molecule has 0 aliphatic rings. The van der Waals surface area contributed by atoms with E-state index in [1.54, 1.807) is 6.92 Å². The van der Waals surface area contributed by atoms with Crippen molar-refractivity contribution < 1.29 is 23.2 Å². The van der Waals surface area contributed by atoms with Gasteiger partial charge in [0, 0.05) is 22.5 Å². The first-order valence-corrected chi connectivity index (χ1v) is 6.58. The largest absolute Gasteiger partial charge is 0.417 e. The van der Waals surface area contributed by atoms with Crippen LogP contribution in [0.15, 0.2) is 27.8 Å². The van der Waals surface area contributed by atoms with Crippen molar-refractivity contribution in [3.05, 3.63) is 33.8 Å². The van der Waals surface area contributed by atoms with Gasteiger partial charge in [0.05, 0.1) is 5.56 Å². The second-order valence-electron chi connectivity index (χ2n) is 4.36. The van der Waals surface area contributed by atoms with Crippen molar-refractivity contribution in [1.29, 1.82) is 0 Å². The maximum absolute atomic E-state index is 12.8. The van der Waals surface area contributed by atoms with Gasteiger partial charge in [-0.05, 0) is 25.1 Å². The van der Waals surface area contributed by atoms with Gasteiger partial charge in [-0.3, -0.25) is 4.79 Å². The first-order valence-electron chi connectivity index (χ1n) is 5.79. The van der Waals surface area contributed by atoms with Crippen LogP contribution >= 0.6 is 15.9 Å². The first kappa shape index (κ1) is 17.3. The molecular weight excluding hydrogens is 355 g/mol. The van der Waals surface area contributed by atoms with Crippen LogP contribution in [0.2, 0.25) is 0 Å². The zero-order valence-corrected chi connectivity index (χ0v) is 12.5. The van der Waals surface area contributed by atoms with E-state index in [-0.39, 0.29) is 22.3 Å². The van der Waals surface area contributed by atoms with Crippen molar-refractivity contribution in [3.63, 3.8) is 0 Å². The SMILES string of the molecule is CC(C/C(N)=N/O)NC(=O)c1ccc(Br)c(C(F)(F)F)c1. The van der Waals surface area contributed by atoms with Gasteiger partial charge in [0.1, 0.15) is 5.84 Å². The number of benzene rings is 1. The van der Waals surface area contributed by atoms with Gasteiger partial charge in [0.15, 0.2) is 0 Å². The van der Waals surface area contributed by atoms with Gasteiger partial charge in [-0.1, -0.05) is 21.1 Å². The summed E-state index contributed by atoms with van der Waals surface area (Å²) in [6.45, 7) is 1.58. The molecule has 0 saturated carbocycles. The Morgan fingerprint density at radius 3 is 2.67 bits per heavy atom. The predicted octanol–water partition coefficient (Wildman–Crippen LogP) is 2.72. The summed E-state index contributed by atoms with van der Waals surface area (Å²) in [6, 6.07) is 2.69. The van der Waals surface area contributed by atoms with Gasteiger partial charge in [0.2, 0.25) is 0 Å². The van der Waals surface area contributed by atoms with E-state index in [1.165, 1.54) is 6.07 Å². The highest BCUT2D eigenvalue weighted by Gasteiger charge is 2.33. The summed E-state index contributed by atoms with van der Waals surface area (Å²) in [7, 11) is 0. The monoisotopic (exact) mass is 367 g/mol. The van der Waals surface area contributed by atoms with E-state index >= 15 is 0 Å². The molecular formula is C12H13BrF3N3O2. The minimum Gasteiger partial charge on any atom is -0.409 e. The molecule has 0 aromatic heterocycles. The number of carbonyl (C=O) groups is 1. The third-order valence-electron chi connectivity index (χ3n) is 2.56. The first-order chi connectivity index (χ1) is 9.65. The number of oxime groups is 1. The number of hydrogen-bond donors (Lipinski definition) is 3. The molecule has 0 spiro atoms. The predicted molar refractivity (Wildman–Crippen MR) is 74.1 cm³/mol. The van der Waals surface area contributed by atoms with Crippen LogP contribution in [0.1, 0.15) is 29.3 Å². The molecule has 1 aromatic rings. The van der Waals surface area contributed by atoms with E-state index in [0.717, 1.165) is 12.1 Å². The van der Waals surface area contributed by atoms with Crippen molar-refractivity contribution in [3.8, 4) is 0 Å². The third-order valence-corrected chi connectivity index (χ3v) is 3.25. The average molecular weight is 368 g/mol. The Morgan fingerprint density at radius 2 is 2.14 bits per heavy atom. The molecule has 0 radical (unpaired) electrons. The van der Waals surface area contributed by atoms with Crippen LogP contribution in [-0.2, 0) is 6.18 Å². The van der Waals surface area contributed by atoms with Gasteiger partial charge >= 0.3 is 6.18 Å². The van der Waals surface area contributed by atoms with Crippen LogP contribution in [0.3, 0.4) is 0 Å². The molecule has 0 bridgehead atoms. The Bertz CT molecular complexity index is 561. The summed E-state index contributed by atoms with van der Waals surface area (Å²) in [4.78, 5) is 11.9. The Morgan fingerprint density at radius 1 is 1.52 bits per heavy atom. The maximum Gasteiger partial charge on any atom is 0.417 e. The lowest BCUT2D eigenvalue weighted by Crippen LogP contribution is -2.35. The molecule has 21 heavy (non-hydrogen) atoms. The summed E-state index contributed by atoms with van der Waals surface area (Å²) in [6.07, 6.45) is -4.49. The minimum atomic E-state index is -4.56. The molecule has 0 saturated heterocycles. The van der Waals surface area contributed by atoms with Crippen LogP contribution in [-0.4, -0.2) is 23.0 Å². The number of nitrogens with one attached hydrogen (secondary N) is 1. The van der Waals surface area contributed by atoms with Gasteiger partial charge in [-0.25, -0.2) is 0 Å². The number of amides is 1. The Kier molecular flexibility index (Phi) is 5.59. The van der Waals surface area contributed by atoms with Crippen LogP contribution < -0.4 is 11.1 Å². The molecule has 0 aliphatic carbocycles. The second kappa shape index (κ2) is 6.79. The van der Waals surface area contributed by atoms with Crippen molar-refractivity contribution in [1.82, 2.24) is 5.32 Å². The molecule has 9 heteroatoms. The van der Waals surface area contributed by atoms with Crippen molar-refractivity contribution in [2.75, 3.05) is 0 Å². The summed E-state index contributed by atoms with van der Waals surface area (Å²) < 4.78 is 38.1. The Labute approximate surface area is 127 Å². The average Bonchev–Trinajstić information content (AvgIpc) is 2.37. The molecule has 0 fully saturated rings. The van der Waals surface area contributed by atoms with E-state index in [9.17, 15) is 18.0 Å². The van der Waals surface area contributed by atoms with Gasteiger partial charge < -0.3 is 16.3 Å². The fraction of sp³-hybridized carbons (Fsp3) is 0.333. The normalized spacial score (nSPS) is 13.9. The molecule has 0 heterocycles. The molecule has 0 aliphatic heterocycles. The highest BCUT2D eigenvalue weighted by atomic mass is 79.9. The highest BCUT2D eigenvalue weighted by Crippen LogP contribution is 2.35. The van der Waals surface area contributed by atoms with Crippen LogP contribution in [0.4, 0.5) is 13.2 Å². The van der Waals surface area contributed by atoms with Gasteiger partial charge in [0.25, 0.3) is 5.91 Å². The highest BCUT2D eigenvalue weighted by molar-refractivity contribution is 9.10. The number of alkyl halides is 3. The van der Waals surface area contributed by atoms with Crippen molar-refractivity contribution >= 4 is 27.7 Å². The summed E-state index contributed by atoms with van der Waals surface area (Å²) in [5, 5.41) is 13.6. The number of rotatable bonds is 4. The third kappa shape index (κ3) is 4.92. The van der Waals surface area contributed by atoms with Crippen LogP contribution in [0.25, 0.3) is 0 Å². The van der Waals surface area contributed by atoms with Crippen LogP contribution in [0.5, 0.6) is 0 Å².